The number of anilines is 1. The van der Waals surface area contributed by atoms with Crippen LogP contribution in [-0.4, -0.2) is 78.7 Å². The first-order valence-corrected chi connectivity index (χ1v) is 12.0. The molecule has 0 radical (unpaired) electrons. The van der Waals surface area contributed by atoms with Crippen LogP contribution >= 0.6 is 0 Å². The summed E-state index contributed by atoms with van der Waals surface area (Å²) in [5.41, 5.74) is 0.898. The lowest BCUT2D eigenvalue weighted by Crippen LogP contribution is -2.34. The molecule has 2 unspecified atom stereocenters. The van der Waals surface area contributed by atoms with Crippen molar-refractivity contribution >= 4 is 28.9 Å². The molecular weight excluding hydrogens is 458 g/mol. The van der Waals surface area contributed by atoms with Crippen molar-refractivity contribution < 1.29 is 34.0 Å². The van der Waals surface area contributed by atoms with Gasteiger partial charge in [-0.05, 0) is 12.8 Å². The predicted octanol–water partition coefficient (Wildman–Crippen LogP) is 1.18. The summed E-state index contributed by atoms with van der Waals surface area (Å²) in [6.45, 7) is 6.86. The molecule has 192 valence electrons. The molecule has 12 heteroatoms. The zero-order valence-electron chi connectivity index (χ0n) is 20.3. The smallest absolute Gasteiger partial charge is 0.308 e. The molecule has 1 saturated carbocycles. The second-order valence-electron chi connectivity index (χ2n) is 9.75. The molecule has 4 rings (SSSR count). The van der Waals surface area contributed by atoms with Crippen LogP contribution in [0.5, 0.6) is 0 Å². The van der Waals surface area contributed by atoms with Gasteiger partial charge in [0.15, 0.2) is 23.2 Å². The van der Waals surface area contributed by atoms with E-state index in [0.717, 1.165) is 12.8 Å². The van der Waals surface area contributed by atoms with Crippen LogP contribution in [0.1, 0.15) is 53.2 Å². The summed E-state index contributed by atoms with van der Waals surface area (Å²) in [6.07, 6.45) is 0.583. The highest BCUT2D eigenvalue weighted by atomic mass is 16.6. The van der Waals surface area contributed by atoms with Crippen molar-refractivity contribution in [3.63, 3.8) is 0 Å². The third kappa shape index (κ3) is 5.39. The summed E-state index contributed by atoms with van der Waals surface area (Å²) < 4.78 is 18.1. The lowest BCUT2D eigenvalue weighted by atomic mass is 10.1. The Balaban J connectivity index is 1.44. The minimum atomic E-state index is -1.27. The number of hydrogen-bond donors (Lipinski definition) is 3. The number of rotatable bonds is 8. The van der Waals surface area contributed by atoms with Crippen LogP contribution in [0.15, 0.2) is 12.7 Å². The predicted molar refractivity (Wildman–Crippen MR) is 123 cm³/mol. The summed E-state index contributed by atoms with van der Waals surface area (Å²) in [5, 5.41) is 24.4. The fourth-order valence-corrected chi connectivity index (χ4v) is 4.24. The molecule has 0 spiro atoms. The maximum atomic E-state index is 11.9. The lowest BCUT2D eigenvalue weighted by Gasteiger charge is -2.17. The molecule has 2 fully saturated rings. The van der Waals surface area contributed by atoms with Gasteiger partial charge in [-0.3, -0.25) is 14.2 Å². The average Bonchev–Trinajstić information content (AvgIpc) is 3.51. The summed E-state index contributed by atoms with van der Waals surface area (Å²) in [4.78, 5) is 36.7. The number of aliphatic hydroxyl groups is 2. The molecule has 0 amide bonds. The highest BCUT2D eigenvalue weighted by Crippen LogP contribution is 2.33. The Morgan fingerprint density at radius 2 is 1.86 bits per heavy atom. The van der Waals surface area contributed by atoms with Crippen LogP contribution in [-0.2, 0) is 23.8 Å². The number of esters is 2. The maximum Gasteiger partial charge on any atom is 0.308 e. The number of carbonyl (C=O) groups is 2. The van der Waals surface area contributed by atoms with Crippen molar-refractivity contribution in [3.05, 3.63) is 12.7 Å². The molecule has 3 heterocycles. The Morgan fingerprint density at radius 1 is 1.11 bits per heavy atom. The number of carbonyl (C=O) groups excluding carboxylic acids is 2. The zero-order valence-corrected chi connectivity index (χ0v) is 20.3. The summed E-state index contributed by atoms with van der Waals surface area (Å²) in [7, 11) is 0. The first kappa shape index (κ1) is 25.3. The largest absolute Gasteiger partial charge is 0.463 e. The van der Waals surface area contributed by atoms with Crippen LogP contribution in [0.4, 0.5) is 5.82 Å². The van der Waals surface area contributed by atoms with Gasteiger partial charge in [-0.25, -0.2) is 15.0 Å². The quantitative estimate of drug-likeness (QED) is 0.455. The van der Waals surface area contributed by atoms with Crippen molar-refractivity contribution in [1.82, 2.24) is 19.5 Å². The van der Waals surface area contributed by atoms with E-state index in [0.29, 0.717) is 23.4 Å². The number of hydrogen-bond acceptors (Lipinski definition) is 11. The van der Waals surface area contributed by atoms with Gasteiger partial charge in [-0.2, -0.15) is 0 Å². The van der Waals surface area contributed by atoms with E-state index in [9.17, 15) is 19.8 Å². The number of ether oxygens (including phenoxy) is 3. The Hall–Kier alpha value is -2.83. The van der Waals surface area contributed by atoms with Gasteiger partial charge in [-0.1, -0.05) is 27.7 Å². The third-order valence-corrected chi connectivity index (χ3v) is 6.31. The van der Waals surface area contributed by atoms with E-state index in [1.807, 2.05) is 13.8 Å². The van der Waals surface area contributed by atoms with Gasteiger partial charge in [0.25, 0.3) is 0 Å². The van der Waals surface area contributed by atoms with Crippen LogP contribution in [0, 0.1) is 11.8 Å². The van der Waals surface area contributed by atoms with Crippen LogP contribution in [0.3, 0.4) is 0 Å². The molecular formula is C23H33N5O7. The Labute approximate surface area is 203 Å². The number of nitrogens with one attached hydrogen (secondary N) is 1. The topological polar surface area (TPSA) is 158 Å². The van der Waals surface area contributed by atoms with Gasteiger partial charge in [0.1, 0.15) is 37.4 Å². The SMILES string of the molecule is CC(C)C(=O)OC[C@H]1OC(n2cnc3c(NC4CC[C@@H](OC(=O)C(C)C)C4)ncnc32)[C@H](O)[C@@H]1O. The highest BCUT2D eigenvalue weighted by Gasteiger charge is 2.45. The molecule has 2 aromatic heterocycles. The number of aliphatic hydroxyl groups excluding tert-OH is 2. The minimum absolute atomic E-state index is 0.0541. The molecule has 2 aliphatic rings. The second-order valence-corrected chi connectivity index (χ2v) is 9.75. The van der Waals surface area contributed by atoms with Gasteiger partial charge in [0, 0.05) is 12.5 Å². The van der Waals surface area contributed by atoms with Crippen molar-refractivity contribution in [1.29, 1.82) is 0 Å². The molecule has 1 saturated heterocycles. The van der Waals surface area contributed by atoms with E-state index in [1.165, 1.54) is 17.2 Å². The maximum absolute atomic E-state index is 11.9. The fourth-order valence-electron chi connectivity index (χ4n) is 4.24. The molecule has 1 aliphatic carbocycles. The first-order chi connectivity index (χ1) is 16.7. The Bertz CT molecular complexity index is 1060. The molecule has 6 atom stereocenters. The average molecular weight is 492 g/mol. The third-order valence-electron chi connectivity index (χ3n) is 6.31. The van der Waals surface area contributed by atoms with Crippen LogP contribution < -0.4 is 5.32 Å². The Morgan fingerprint density at radius 3 is 2.57 bits per heavy atom. The standard InChI is InChI=1S/C23H33N5O7/c1-11(2)22(31)33-8-15-17(29)18(30)21(35-15)28-10-26-16-19(24-9-25-20(16)28)27-13-5-6-14(7-13)34-23(32)12(3)4/h9-15,17-18,21,29-30H,5-8H2,1-4H3,(H,24,25,27)/t13?,14-,15-,17-,18-,21?/m1/s1. The number of fused-ring (bicyclic) bond motifs is 1. The minimum Gasteiger partial charge on any atom is -0.463 e. The number of nitrogens with zero attached hydrogens (tertiary/aromatic N) is 4. The molecule has 0 aromatic carbocycles. The van der Waals surface area contributed by atoms with Gasteiger partial charge in [0.05, 0.1) is 18.2 Å². The van der Waals surface area contributed by atoms with Crippen molar-refractivity contribution in [2.24, 2.45) is 11.8 Å². The van der Waals surface area contributed by atoms with E-state index in [-0.39, 0.29) is 36.6 Å². The molecule has 2 aromatic rings. The van der Waals surface area contributed by atoms with E-state index >= 15 is 0 Å². The number of aromatic nitrogens is 4. The van der Waals surface area contributed by atoms with Crippen LogP contribution in [0.2, 0.25) is 0 Å². The molecule has 1 aliphatic heterocycles. The van der Waals surface area contributed by atoms with Gasteiger partial charge >= 0.3 is 11.9 Å². The monoisotopic (exact) mass is 491 g/mol. The van der Waals surface area contributed by atoms with Crippen molar-refractivity contribution in [2.75, 3.05) is 11.9 Å². The zero-order chi connectivity index (χ0) is 25.3. The number of imidazole rings is 1. The van der Waals surface area contributed by atoms with Crippen LogP contribution in [0.25, 0.3) is 11.2 Å². The van der Waals surface area contributed by atoms with E-state index in [2.05, 4.69) is 20.3 Å². The van der Waals surface area contributed by atoms with E-state index < -0.39 is 30.5 Å². The molecule has 12 nitrogen and oxygen atoms in total. The molecule has 3 N–H and O–H groups in total. The summed E-state index contributed by atoms with van der Waals surface area (Å²) >= 11 is 0. The van der Waals surface area contributed by atoms with Gasteiger partial charge < -0.3 is 29.7 Å². The van der Waals surface area contributed by atoms with Gasteiger partial charge in [-0.15, -0.1) is 0 Å². The van der Waals surface area contributed by atoms with Gasteiger partial charge in [0.2, 0.25) is 0 Å². The summed E-state index contributed by atoms with van der Waals surface area (Å²) in [5.74, 6) is -0.574. The summed E-state index contributed by atoms with van der Waals surface area (Å²) in [6, 6.07) is 0.0541. The second kappa shape index (κ2) is 10.4. The molecule has 0 bridgehead atoms. The Kier molecular flexibility index (Phi) is 7.53. The molecule has 35 heavy (non-hydrogen) atoms. The fraction of sp³-hybridized carbons (Fsp3) is 0.696. The van der Waals surface area contributed by atoms with Crippen molar-refractivity contribution in [2.45, 2.75) is 83.6 Å². The normalized spacial score (nSPS) is 28.7. The van der Waals surface area contributed by atoms with Crippen molar-refractivity contribution in [3.8, 4) is 0 Å². The first-order valence-electron chi connectivity index (χ1n) is 12.0. The van der Waals surface area contributed by atoms with E-state index in [4.69, 9.17) is 14.2 Å². The lowest BCUT2D eigenvalue weighted by molar-refractivity contribution is -0.154. The van der Waals surface area contributed by atoms with E-state index in [1.54, 1.807) is 13.8 Å². The highest BCUT2D eigenvalue weighted by molar-refractivity contribution is 5.83.